The van der Waals surface area contributed by atoms with Gasteiger partial charge in [0.15, 0.2) is 8.32 Å². The Morgan fingerprint density at radius 2 is 1.38 bits per heavy atom. The maximum atomic E-state index is 12.6. The third kappa shape index (κ3) is 4.42. The van der Waals surface area contributed by atoms with E-state index < -0.39 is 25.4 Å². The first kappa shape index (κ1) is 22.1. The second-order valence-electron chi connectivity index (χ2n) is 7.59. The monoisotopic (exact) mass is 381 g/mol. The molecule has 1 heterocycles. The lowest BCUT2D eigenvalue weighted by Gasteiger charge is -2.38. The summed E-state index contributed by atoms with van der Waals surface area (Å²) in [6.45, 7) is 16.1. The van der Waals surface area contributed by atoms with Crippen LogP contribution in [0.5, 0.6) is 0 Å². The van der Waals surface area contributed by atoms with Gasteiger partial charge in [-0.2, -0.15) is 0 Å². The fraction of sp³-hybridized carbons (Fsp3) is 0.611. The van der Waals surface area contributed by atoms with Gasteiger partial charge in [-0.1, -0.05) is 32.9 Å². The minimum atomic E-state index is -2.01. The van der Waals surface area contributed by atoms with Crippen LogP contribution in [0.2, 0.25) is 17.6 Å². The lowest BCUT2D eigenvalue weighted by molar-refractivity contribution is 0.361. The number of rotatable bonds is 9. The SMILES string of the molecule is C=CCn1c(=O)n(CC=C)c(=O)n(CCC[Si](C)(OC)C(C)(C)C)c1=O. The van der Waals surface area contributed by atoms with Crippen LogP contribution < -0.4 is 17.1 Å². The third-order valence-corrected chi connectivity index (χ3v) is 10.5. The molecule has 1 aromatic heterocycles. The Balaban J connectivity index is 3.27. The van der Waals surface area contributed by atoms with E-state index in [0.29, 0.717) is 6.42 Å². The van der Waals surface area contributed by atoms with Crippen molar-refractivity contribution in [3.05, 3.63) is 56.8 Å². The second kappa shape index (κ2) is 8.63. The van der Waals surface area contributed by atoms with Crippen molar-refractivity contribution in [1.29, 1.82) is 0 Å². The van der Waals surface area contributed by atoms with Gasteiger partial charge in [0.25, 0.3) is 0 Å². The quantitative estimate of drug-likeness (QED) is 0.484. The molecule has 1 unspecified atom stereocenters. The van der Waals surface area contributed by atoms with Crippen LogP contribution in [-0.2, 0) is 24.1 Å². The summed E-state index contributed by atoms with van der Waals surface area (Å²) in [5.74, 6) is 0. The number of allylic oxidation sites excluding steroid dienone is 2. The van der Waals surface area contributed by atoms with Crippen LogP contribution in [0.25, 0.3) is 0 Å². The standard InChI is InChI=1S/C18H31N3O4Si/c1-8-11-19-15(22)20(12-9-2)17(24)21(16(19)23)13-10-14-26(7,25-6)18(3,4)5/h8-9H,1-2,10-14H2,3-7H3. The van der Waals surface area contributed by atoms with Crippen LogP contribution in [0, 0.1) is 0 Å². The van der Waals surface area contributed by atoms with Crippen LogP contribution in [0.3, 0.4) is 0 Å². The van der Waals surface area contributed by atoms with E-state index in [4.69, 9.17) is 4.43 Å². The first-order chi connectivity index (χ1) is 12.0. The van der Waals surface area contributed by atoms with Crippen LogP contribution in [-0.4, -0.2) is 29.1 Å². The molecule has 1 aromatic rings. The van der Waals surface area contributed by atoms with Gasteiger partial charge in [0.05, 0.1) is 13.1 Å². The Labute approximate surface area is 155 Å². The molecule has 0 amide bonds. The van der Waals surface area contributed by atoms with Crippen LogP contribution in [0.4, 0.5) is 0 Å². The molecular weight excluding hydrogens is 350 g/mol. The molecule has 0 spiro atoms. The average Bonchev–Trinajstić information content (AvgIpc) is 2.57. The smallest absolute Gasteiger partial charge is 0.336 e. The van der Waals surface area contributed by atoms with Gasteiger partial charge in [-0.15, -0.1) is 13.2 Å². The summed E-state index contributed by atoms with van der Waals surface area (Å²) < 4.78 is 9.00. The van der Waals surface area contributed by atoms with Crippen molar-refractivity contribution in [3.8, 4) is 0 Å². The van der Waals surface area contributed by atoms with Crippen molar-refractivity contribution in [2.45, 2.75) is 64.5 Å². The molecule has 0 radical (unpaired) electrons. The Morgan fingerprint density at radius 1 is 0.962 bits per heavy atom. The van der Waals surface area contributed by atoms with E-state index in [1.165, 1.54) is 12.2 Å². The van der Waals surface area contributed by atoms with Crippen molar-refractivity contribution in [2.75, 3.05) is 7.11 Å². The summed E-state index contributed by atoms with van der Waals surface area (Å²) in [5.41, 5.74) is -1.84. The topological polar surface area (TPSA) is 75.2 Å². The molecule has 0 aromatic carbocycles. The summed E-state index contributed by atoms with van der Waals surface area (Å²) in [6, 6.07) is 0.806. The first-order valence-electron chi connectivity index (χ1n) is 8.75. The molecule has 1 atom stereocenters. The zero-order valence-corrected chi connectivity index (χ0v) is 17.6. The average molecular weight is 382 g/mol. The molecule has 0 aliphatic rings. The highest BCUT2D eigenvalue weighted by Crippen LogP contribution is 2.39. The van der Waals surface area contributed by atoms with Crippen molar-refractivity contribution < 1.29 is 4.43 Å². The molecule has 26 heavy (non-hydrogen) atoms. The Hall–Kier alpha value is -1.93. The molecule has 0 bridgehead atoms. The molecule has 1 rings (SSSR count). The fourth-order valence-corrected chi connectivity index (χ4v) is 5.20. The maximum absolute atomic E-state index is 12.6. The zero-order valence-electron chi connectivity index (χ0n) is 16.6. The molecule has 146 valence electrons. The van der Waals surface area contributed by atoms with Crippen LogP contribution in [0.1, 0.15) is 27.2 Å². The highest BCUT2D eigenvalue weighted by atomic mass is 28.4. The molecule has 0 aliphatic heterocycles. The molecule has 0 fully saturated rings. The van der Waals surface area contributed by atoms with Crippen molar-refractivity contribution in [1.82, 2.24) is 13.7 Å². The molecule has 0 saturated carbocycles. The van der Waals surface area contributed by atoms with Gasteiger partial charge in [0, 0.05) is 13.7 Å². The van der Waals surface area contributed by atoms with Crippen molar-refractivity contribution >= 4 is 8.32 Å². The maximum Gasteiger partial charge on any atom is 0.336 e. The summed E-state index contributed by atoms with van der Waals surface area (Å²) in [7, 11) is -0.280. The molecule has 0 aliphatic carbocycles. The summed E-state index contributed by atoms with van der Waals surface area (Å²) >= 11 is 0. The van der Waals surface area contributed by atoms with E-state index in [2.05, 4.69) is 40.5 Å². The summed E-state index contributed by atoms with van der Waals surface area (Å²) in [5, 5.41) is 0.0391. The molecule has 0 N–H and O–H groups in total. The van der Waals surface area contributed by atoms with E-state index in [0.717, 1.165) is 19.7 Å². The predicted molar refractivity (Wildman–Crippen MR) is 107 cm³/mol. The third-order valence-electron chi connectivity index (χ3n) is 5.08. The molecular formula is C18H31N3O4Si. The lowest BCUT2D eigenvalue weighted by atomic mass is 10.2. The Bertz CT molecular complexity index is 781. The van der Waals surface area contributed by atoms with Crippen LogP contribution in [0.15, 0.2) is 39.7 Å². The Morgan fingerprint density at radius 3 is 1.73 bits per heavy atom. The van der Waals surface area contributed by atoms with Crippen LogP contribution >= 0.6 is 0 Å². The van der Waals surface area contributed by atoms with Gasteiger partial charge in [0.2, 0.25) is 0 Å². The second-order valence-corrected chi connectivity index (χ2v) is 12.5. The number of hydrogen-bond donors (Lipinski definition) is 0. The summed E-state index contributed by atoms with van der Waals surface area (Å²) in [4.78, 5) is 37.6. The Kier molecular flexibility index (Phi) is 7.34. The summed E-state index contributed by atoms with van der Waals surface area (Å²) in [6.07, 6.45) is 3.55. The van der Waals surface area contributed by atoms with E-state index >= 15 is 0 Å². The van der Waals surface area contributed by atoms with Gasteiger partial charge in [-0.3, -0.25) is 0 Å². The fourth-order valence-electron chi connectivity index (χ4n) is 2.80. The van der Waals surface area contributed by atoms with Gasteiger partial charge in [-0.25, -0.2) is 28.1 Å². The number of aromatic nitrogens is 3. The molecule has 0 saturated heterocycles. The van der Waals surface area contributed by atoms with Crippen molar-refractivity contribution in [3.63, 3.8) is 0 Å². The predicted octanol–water partition coefficient (Wildman–Crippen LogP) is 1.96. The minimum Gasteiger partial charge on any atom is -0.420 e. The van der Waals surface area contributed by atoms with E-state index in [1.807, 2.05) is 0 Å². The molecule has 7 nitrogen and oxygen atoms in total. The first-order valence-corrected chi connectivity index (χ1v) is 11.4. The minimum absolute atomic E-state index is 0.0391. The van der Waals surface area contributed by atoms with E-state index in [-0.39, 0.29) is 24.7 Å². The zero-order chi connectivity index (χ0) is 20.1. The largest absolute Gasteiger partial charge is 0.420 e. The van der Waals surface area contributed by atoms with Gasteiger partial charge < -0.3 is 4.43 Å². The van der Waals surface area contributed by atoms with E-state index in [9.17, 15) is 14.4 Å². The van der Waals surface area contributed by atoms with Gasteiger partial charge in [-0.05, 0) is 24.1 Å². The normalized spacial score (nSPS) is 14.0. The number of nitrogens with zero attached hydrogens (tertiary/aromatic N) is 3. The van der Waals surface area contributed by atoms with Gasteiger partial charge >= 0.3 is 17.1 Å². The highest BCUT2D eigenvalue weighted by Gasteiger charge is 2.40. The molecule has 8 heteroatoms. The number of hydrogen-bond acceptors (Lipinski definition) is 4. The van der Waals surface area contributed by atoms with E-state index in [1.54, 1.807) is 7.11 Å². The van der Waals surface area contributed by atoms with Gasteiger partial charge in [0.1, 0.15) is 0 Å². The lowest BCUT2D eigenvalue weighted by Crippen LogP contribution is -2.54. The van der Waals surface area contributed by atoms with Crippen molar-refractivity contribution in [2.24, 2.45) is 0 Å². The highest BCUT2D eigenvalue weighted by molar-refractivity contribution is 6.75.